The van der Waals surface area contributed by atoms with E-state index in [1.54, 1.807) is 14.2 Å². The van der Waals surface area contributed by atoms with E-state index in [-0.39, 0.29) is 11.9 Å². The molecular weight excluding hydrogens is 470 g/mol. The number of amidine groups is 1. The first-order valence-corrected chi connectivity index (χ1v) is 12.8. The maximum Gasteiger partial charge on any atom is 0.286 e. The van der Waals surface area contributed by atoms with Crippen LogP contribution in [0.1, 0.15) is 22.7 Å². The van der Waals surface area contributed by atoms with E-state index in [9.17, 15) is 4.79 Å². The van der Waals surface area contributed by atoms with Gasteiger partial charge in [0.25, 0.3) is 5.91 Å². The van der Waals surface area contributed by atoms with Crippen LogP contribution in [0, 0.1) is 0 Å². The summed E-state index contributed by atoms with van der Waals surface area (Å²) < 4.78 is 10.8. The molecule has 0 N–H and O–H groups in total. The summed E-state index contributed by atoms with van der Waals surface area (Å²) in [5.74, 6) is 1.16. The summed E-state index contributed by atoms with van der Waals surface area (Å²) in [4.78, 5) is 22.4. The zero-order valence-corrected chi connectivity index (χ0v) is 21.3. The van der Waals surface area contributed by atoms with Gasteiger partial charge in [0.1, 0.15) is 11.5 Å². The predicted octanol–water partition coefficient (Wildman–Crippen LogP) is 5.08. The second-order valence-electron chi connectivity index (χ2n) is 8.66. The molecule has 6 nitrogen and oxygen atoms in total. The molecule has 0 aliphatic carbocycles. The molecule has 0 bridgehead atoms. The molecule has 2 aliphatic heterocycles. The highest BCUT2D eigenvalue weighted by Crippen LogP contribution is 2.35. The van der Waals surface area contributed by atoms with Crippen LogP contribution in [0.15, 0.2) is 88.8 Å². The van der Waals surface area contributed by atoms with Gasteiger partial charge >= 0.3 is 0 Å². The van der Waals surface area contributed by atoms with E-state index >= 15 is 0 Å². The van der Waals surface area contributed by atoms with Crippen LogP contribution in [0.25, 0.3) is 6.08 Å². The summed E-state index contributed by atoms with van der Waals surface area (Å²) in [6.45, 7) is 3.39. The molecule has 3 aromatic rings. The topological polar surface area (TPSA) is 54.4 Å². The summed E-state index contributed by atoms with van der Waals surface area (Å²) >= 11 is 1.43. The second-order valence-corrected chi connectivity index (χ2v) is 9.67. The largest absolute Gasteiger partial charge is 0.497 e. The van der Waals surface area contributed by atoms with E-state index in [0.29, 0.717) is 16.4 Å². The highest BCUT2D eigenvalue weighted by atomic mass is 32.2. The van der Waals surface area contributed by atoms with Crippen molar-refractivity contribution in [1.29, 1.82) is 0 Å². The number of rotatable bonds is 6. The molecule has 1 saturated heterocycles. The maximum atomic E-state index is 12.7. The third kappa shape index (κ3) is 5.17. The van der Waals surface area contributed by atoms with Crippen molar-refractivity contribution in [3.05, 3.63) is 100 Å². The van der Waals surface area contributed by atoms with Gasteiger partial charge in [0.05, 0.1) is 25.2 Å². The van der Waals surface area contributed by atoms with E-state index in [1.807, 2.05) is 24.3 Å². The van der Waals surface area contributed by atoms with Gasteiger partial charge in [-0.25, -0.2) is 0 Å². The summed E-state index contributed by atoms with van der Waals surface area (Å²) in [6, 6.07) is 27.1. The molecular formula is C29H29N3O3S. The van der Waals surface area contributed by atoms with Crippen LogP contribution in [0.3, 0.4) is 0 Å². The summed E-state index contributed by atoms with van der Waals surface area (Å²) in [6.07, 6.45) is 1.85. The van der Waals surface area contributed by atoms with Gasteiger partial charge in [-0.05, 0) is 41.1 Å². The van der Waals surface area contributed by atoms with E-state index < -0.39 is 0 Å². The molecule has 0 aromatic heterocycles. The van der Waals surface area contributed by atoms with E-state index in [2.05, 4.69) is 75.5 Å². The molecule has 0 saturated carbocycles. The normalized spacial score (nSPS) is 17.5. The molecule has 1 fully saturated rings. The van der Waals surface area contributed by atoms with Crippen LogP contribution < -0.4 is 9.47 Å². The van der Waals surface area contributed by atoms with Crippen molar-refractivity contribution in [2.24, 2.45) is 4.99 Å². The van der Waals surface area contributed by atoms with Crippen molar-refractivity contribution in [3.63, 3.8) is 0 Å². The third-order valence-corrected chi connectivity index (χ3v) is 7.56. The van der Waals surface area contributed by atoms with Gasteiger partial charge in [-0.1, -0.05) is 60.7 Å². The Hall–Kier alpha value is -3.55. The Kier molecular flexibility index (Phi) is 7.39. The van der Waals surface area contributed by atoms with Crippen molar-refractivity contribution in [2.75, 3.05) is 40.4 Å². The van der Waals surface area contributed by atoms with Crippen molar-refractivity contribution >= 4 is 28.9 Å². The first kappa shape index (κ1) is 24.2. The van der Waals surface area contributed by atoms with E-state index in [0.717, 1.165) is 36.9 Å². The minimum absolute atomic E-state index is 0.201. The van der Waals surface area contributed by atoms with Crippen molar-refractivity contribution in [3.8, 4) is 11.5 Å². The van der Waals surface area contributed by atoms with Crippen LogP contribution >= 0.6 is 11.8 Å². The van der Waals surface area contributed by atoms with Crippen LogP contribution in [0.4, 0.5) is 0 Å². The lowest BCUT2D eigenvalue weighted by atomic mass is 9.96. The van der Waals surface area contributed by atoms with Gasteiger partial charge in [0.2, 0.25) is 0 Å². The molecule has 36 heavy (non-hydrogen) atoms. The number of carbonyl (C=O) groups is 1. The molecule has 0 unspecified atom stereocenters. The summed E-state index contributed by atoms with van der Waals surface area (Å²) in [5.41, 5.74) is 3.40. The van der Waals surface area contributed by atoms with Crippen LogP contribution in [-0.4, -0.2) is 61.3 Å². The number of hydrogen-bond acceptors (Lipinski definition) is 6. The van der Waals surface area contributed by atoms with Crippen molar-refractivity contribution in [1.82, 2.24) is 9.80 Å². The number of carbonyl (C=O) groups excluding carboxylic acids is 1. The first-order valence-electron chi connectivity index (χ1n) is 12.0. The number of piperazine rings is 1. The molecule has 184 valence electrons. The summed E-state index contributed by atoms with van der Waals surface area (Å²) in [7, 11) is 3.23. The number of nitrogens with zero attached hydrogens (tertiary/aromatic N) is 3. The molecule has 0 spiro atoms. The Morgan fingerprint density at radius 1 is 0.861 bits per heavy atom. The molecule has 0 radical (unpaired) electrons. The SMILES string of the molecule is COc1ccc(C=C2SC(N3CCN(C(c4ccccc4)c4ccccc4)CC3)=NC2=O)c(OC)c1. The van der Waals surface area contributed by atoms with Crippen LogP contribution in [0.5, 0.6) is 11.5 Å². The quantitative estimate of drug-likeness (QED) is 0.441. The number of aliphatic imine (C=N–C) groups is 1. The number of hydrogen-bond donors (Lipinski definition) is 0. The standard InChI is InChI=1S/C29H29N3O3S/c1-34-24-14-13-23(25(20-24)35-2)19-26-28(33)30-29(36-26)32-17-15-31(16-18-32)27(21-9-5-3-6-10-21)22-11-7-4-8-12-22/h3-14,19-20,27H,15-18H2,1-2H3. The van der Waals surface area contributed by atoms with Gasteiger partial charge in [0, 0.05) is 37.8 Å². The molecule has 5 rings (SSSR count). The van der Waals surface area contributed by atoms with Crippen molar-refractivity contribution in [2.45, 2.75) is 6.04 Å². The predicted molar refractivity (Wildman–Crippen MR) is 145 cm³/mol. The van der Waals surface area contributed by atoms with Gasteiger partial charge in [-0.15, -0.1) is 0 Å². The van der Waals surface area contributed by atoms with Gasteiger partial charge in [-0.2, -0.15) is 4.99 Å². The van der Waals surface area contributed by atoms with Crippen molar-refractivity contribution < 1.29 is 14.3 Å². The number of benzene rings is 3. The fourth-order valence-electron chi connectivity index (χ4n) is 4.67. The molecule has 1 amide bonds. The Bertz CT molecular complexity index is 1230. The molecule has 7 heteroatoms. The zero-order chi connectivity index (χ0) is 24.9. The lowest BCUT2D eigenvalue weighted by molar-refractivity contribution is -0.113. The zero-order valence-electron chi connectivity index (χ0n) is 20.5. The number of amides is 1. The molecule has 3 aromatic carbocycles. The molecule has 0 atom stereocenters. The highest BCUT2D eigenvalue weighted by molar-refractivity contribution is 8.18. The second kappa shape index (κ2) is 11.0. The maximum absolute atomic E-state index is 12.7. The Morgan fingerprint density at radius 2 is 1.50 bits per heavy atom. The Balaban J connectivity index is 1.28. The Labute approximate surface area is 216 Å². The summed E-state index contributed by atoms with van der Waals surface area (Å²) in [5, 5.41) is 0.773. The fourth-order valence-corrected chi connectivity index (χ4v) is 5.62. The van der Waals surface area contributed by atoms with Crippen LogP contribution in [-0.2, 0) is 4.79 Å². The van der Waals surface area contributed by atoms with Gasteiger partial charge in [0.15, 0.2) is 5.17 Å². The highest BCUT2D eigenvalue weighted by Gasteiger charge is 2.31. The van der Waals surface area contributed by atoms with Gasteiger partial charge < -0.3 is 14.4 Å². The fraction of sp³-hybridized carbons (Fsp3) is 0.241. The number of ether oxygens (including phenoxy) is 2. The average Bonchev–Trinajstić information content (AvgIpc) is 3.30. The average molecular weight is 500 g/mol. The number of methoxy groups -OCH3 is 2. The lowest BCUT2D eigenvalue weighted by Crippen LogP contribution is -2.49. The van der Waals surface area contributed by atoms with E-state index in [4.69, 9.17) is 9.47 Å². The molecule has 2 heterocycles. The minimum atomic E-state index is -0.207. The molecule has 2 aliphatic rings. The monoisotopic (exact) mass is 499 g/mol. The minimum Gasteiger partial charge on any atom is -0.497 e. The smallest absolute Gasteiger partial charge is 0.286 e. The van der Waals surface area contributed by atoms with E-state index in [1.165, 1.54) is 22.9 Å². The lowest BCUT2D eigenvalue weighted by Gasteiger charge is -2.40. The first-order chi connectivity index (χ1) is 17.7. The van der Waals surface area contributed by atoms with Crippen LogP contribution in [0.2, 0.25) is 0 Å². The number of thioether (sulfide) groups is 1. The Morgan fingerprint density at radius 3 is 2.08 bits per heavy atom. The van der Waals surface area contributed by atoms with Gasteiger partial charge in [-0.3, -0.25) is 9.69 Å². The third-order valence-electron chi connectivity index (χ3n) is 6.52.